The van der Waals surface area contributed by atoms with Crippen LogP contribution in [0.1, 0.15) is 6.42 Å². The fourth-order valence-electron chi connectivity index (χ4n) is 2.53. The van der Waals surface area contributed by atoms with Gasteiger partial charge in [0.2, 0.25) is 5.91 Å². The van der Waals surface area contributed by atoms with Gasteiger partial charge in [0.05, 0.1) is 19.2 Å². The van der Waals surface area contributed by atoms with E-state index in [0.717, 1.165) is 10.2 Å². The summed E-state index contributed by atoms with van der Waals surface area (Å²) in [5, 5.41) is 3.13. The molecular formula is C17H15BrN2O3. The highest BCUT2D eigenvalue weighted by Crippen LogP contribution is 2.29. The maximum Gasteiger partial charge on any atom is 0.256 e. The van der Waals surface area contributed by atoms with E-state index in [2.05, 4.69) is 21.2 Å². The van der Waals surface area contributed by atoms with E-state index in [-0.39, 0.29) is 18.2 Å². The first-order valence-electron chi connectivity index (χ1n) is 7.12. The Hall–Kier alpha value is -2.34. The van der Waals surface area contributed by atoms with Crippen molar-refractivity contribution >= 4 is 39.1 Å². The number of halogens is 1. The summed E-state index contributed by atoms with van der Waals surface area (Å²) in [5.41, 5.74) is 1.31. The molecule has 0 saturated carbocycles. The van der Waals surface area contributed by atoms with Gasteiger partial charge < -0.3 is 10.1 Å². The average molecular weight is 375 g/mol. The van der Waals surface area contributed by atoms with E-state index in [1.54, 1.807) is 31.4 Å². The molecule has 0 bridgehead atoms. The van der Waals surface area contributed by atoms with Gasteiger partial charge in [-0.1, -0.05) is 18.2 Å². The van der Waals surface area contributed by atoms with Crippen LogP contribution in [0.25, 0.3) is 0 Å². The van der Waals surface area contributed by atoms with E-state index in [9.17, 15) is 9.59 Å². The van der Waals surface area contributed by atoms with Crippen LogP contribution in [0, 0.1) is 0 Å². The average Bonchev–Trinajstić information content (AvgIpc) is 2.83. The van der Waals surface area contributed by atoms with Crippen molar-refractivity contribution in [1.82, 2.24) is 0 Å². The smallest absolute Gasteiger partial charge is 0.256 e. The Labute approximate surface area is 142 Å². The van der Waals surface area contributed by atoms with Crippen molar-refractivity contribution in [2.45, 2.75) is 12.5 Å². The van der Waals surface area contributed by atoms with Crippen LogP contribution in [0.3, 0.4) is 0 Å². The Bertz CT molecular complexity index is 763. The van der Waals surface area contributed by atoms with Gasteiger partial charge in [-0.3, -0.25) is 9.59 Å². The predicted molar refractivity (Wildman–Crippen MR) is 91.7 cm³/mol. The number of nitrogens with one attached hydrogen (secondary N) is 1. The Balaban J connectivity index is 1.84. The highest BCUT2D eigenvalue weighted by Gasteiger charge is 2.39. The molecular weight excluding hydrogens is 360 g/mol. The summed E-state index contributed by atoms with van der Waals surface area (Å²) in [7, 11) is 1.55. The molecule has 1 heterocycles. The lowest BCUT2D eigenvalue weighted by molar-refractivity contribution is -0.121. The Morgan fingerprint density at radius 3 is 2.70 bits per heavy atom. The first-order chi connectivity index (χ1) is 11.1. The number of nitrogens with zero attached hydrogens (tertiary/aromatic N) is 1. The van der Waals surface area contributed by atoms with Crippen LogP contribution in [-0.4, -0.2) is 25.0 Å². The van der Waals surface area contributed by atoms with E-state index >= 15 is 0 Å². The molecule has 1 N–H and O–H groups in total. The van der Waals surface area contributed by atoms with Crippen molar-refractivity contribution in [3.63, 3.8) is 0 Å². The molecule has 1 atom stereocenters. The summed E-state index contributed by atoms with van der Waals surface area (Å²) in [4.78, 5) is 26.1. The number of carbonyl (C=O) groups excluding carboxylic acids is 2. The first kappa shape index (κ1) is 15.6. The minimum absolute atomic E-state index is 0.122. The van der Waals surface area contributed by atoms with Crippen LogP contribution < -0.4 is 15.0 Å². The summed E-state index contributed by atoms with van der Waals surface area (Å²) >= 11 is 3.43. The van der Waals surface area contributed by atoms with E-state index in [4.69, 9.17) is 4.74 Å². The topological polar surface area (TPSA) is 58.6 Å². The quantitative estimate of drug-likeness (QED) is 0.834. The van der Waals surface area contributed by atoms with Crippen LogP contribution in [-0.2, 0) is 9.59 Å². The summed E-state index contributed by atoms with van der Waals surface area (Å²) in [6.45, 7) is 0. The number of carbonyl (C=O) groups is 2. The van der Waals surface area contributed by atoms with Crippen LogP contribution in [0.4, 0.5) is 11.4 Å². The highest BCUT2D eigenvalue weighted by atomic mass is 79.9. The van der Waals surface area contributed by atoms with Gasteiger partial charge in [0, 0.05) is 16.2 Å². The first-order valence-corrected chi connectivity index (χ1v) is 7.91. The molecule has 0 unspecified atom stereocenters. The second kappa shape index (κ2) is 6.42. The molecule has 5 nitrogen and oxygen atoms in total. The number of benzene rings is 2. The summed E-state index contributed by atoms with van der Waals surface area (Å²) in [5.74, 6) is 0.108. The number of amides is 2. The number of imide groups is 1. The fraction of sp³-hybridized carbons (Fsp3) is 0.176. The predicted octanol–water partition coefficient (Wildman–Crippen LogP) is 3.20. The zero-order chi connectivity index (χ0) is 16.4. The summed E-state index contributed by atoms with van der Waals surface area (Å²) in [6.07, 6.45) is 0.122. The zero-order valence-corrected chi connectivity index (χ0v) is 14.0. The molecule has 0 radical (unpaired) electrons. The van der Waals surface area contributed by atoms with Gasteiger partial charge >= 0.3 is 0 Å². The Kier molecular flexibility index (Phi) is 4.34. The molecule has 2 amide bonds. The largest absolute Gasteiger partial charge is 0.497 e. The van der Waals surface area contributed by atoms with Crippen LogP contribution in [0.15, 0.2) is 53.0 Å². The van der Waals surface area contributed by atoms with E-state index in [1.165, 1.54) is 4.90 Å². The van der Waals surface area contributed by atoms with E-state index in [0.29, 0.717) is 11.4 Å². The van der Waals surface area contributed by atoms with Gasteiger partial charge in [-0.05, 0) is 40.2 Å². The number of rotatable bonds is 4. The number of para-hydroxylation sites is 1. The van der Waals surface area contributed by atoms with Crippen molar-refractivity contribution in [1.29, 1.82) is 0 Å². The monoisotopic (exact) mass is 374 g/mol. The SMILES string of the molecule is COc1cccc(N2C(=O)C[C@@H](Nc3ccccc3Br)C2=O)c1. The van der Waals surface area contributed by atoms with Crippen molar-refractivity contribution < 1.29 is 14.3 Å². The molecule has 0 aliphatic carbocycles. The lowest BCUT2D eigenvalue weighted by Gasteiger charge is -2.17. The fourth-order valence-corrected chi connectivity index (χ4v) is 2.93. The number of anilines is 2. The van der Waals surface area contributed by atoms with Crippen LogP contribution >= 0.6 is 15.9 Å². The third-order valence-electron chi connectivity index (χ3n) is 3.66. The lowest BCUT2D eigenvalue weighted by atomic mass is 10.2. The number of hydrogen-bond donors (Lipinski definition) is 1. The van der Waals surface area contributed by atoms with Crippen molar-refractivity contribution in [3.8, 4) is 5.75 Å². The normalized spacial score (nSPS) is 17.5. The van der Waals surface area contributed by atoms with Gasteiger partial charge in [0.1, 0.15) is 11.8 Å². The highest BCUT2D eigenvalue weighted by molar-refractivity contribution is 9.10. The van der Waals surface area contributed by atoms with Gasteiger partial charge in [0.15, 0.2) is 0 Å². The number of hydrogen-bond acceptors (Lipinski definition) is 4. The van der Waals surface area contributed by atoms with Gasteiger partial charge in [-0.15, -0.1) is 0 Å². The Morgan fingerprint density at radius 1 is 1.17 bits per heavy atom. The third kappa shape index (κ3) is 3.07. The molecule has 1 fully saturated rings. The maximum atomic E-state index is 12.6. The van der Waals surface area contributed by atoms with Crippen molar-refractivity contribution in [3.05, 3.63) is 53.0 Å². The molecule has 3 rings (SSSR count). The van der Waals surface area contributed by atoms with Crippen molar-refractivity contribution in [2.75, 3.05) is 17.3 Å². The zero-order valence-electron chi connectivity index (χ0n) is 12.5. The van der Waals surface area contributed by atoms with Gasteiger partial charge in [0.25, 0.3) is 5.91 Å². The molecule has 1 aliphatic rings. The molecule has 1 saturated heterocycles. The third-order valence-corrected chi connectivity index (χ3v) is 4.35. The molecule has 118 valence electrons. The van der Waals surface area contributed by atoms with E-state index in [1.807, 2.05) is 24.3 Å². The molecule has 23 heavy (non-hydrogen) atoms. The van der Waals surface area contributed by atoms with Crippen LogP contribution in [0.2, 0.25) is 0 Å². The molecule has 1 aliphatic heterocycles. The molecule has 0 spiro atoms. The lowest BCUT2D eigenvalue weighted by Crippen LogP contribution is -2.34. The molecule has 2 aromatic carbocycles. The second-order valence-electron chi connectivity index (χ2n) is 5.15. The standard InChI is InChI=1S/C17H15BrN2O3/c1-23-12-6-4-5-11(9-12)20-16(21)10-15(17(20)22)19-14-8-3-2-7-13(14)18/h2-9,15,19H,10H2,1H3/t15-/m1/s1. The van der Waals surface area contributed by atoms with E-state index < -0.39 is 6.04 Å². The molecule has 6 heteroatoms. The Morgan fingerprint density at radius 2 is 1.96 bits per heavy atom. The summed E-state index contributed by atoms with van der Waals surface area (Å²) < 4.78 is 6.00. The number of methoxy groups -OCH3 is 1. The second-order valence-corrected chi connectivity index (χ2v) is 6.00. The molecule has 2 aromatic rings. The van der Waals surface area contributed by atoms with Crippen molar-refractivity contribution in [2.24, 2.45) is 0 Å². The number of ether oxygens (including phenoxy) is 1. The molecule has 0 aromatic heterocycles. The maximum absolute atomic E-state index is 12.6. The van der Waals surface area contributed by atoms with Crippen LogP contribution in [0.5, 0.6) is 5.75 Å². The minimum atomic E-state index is -0.576. The summed E-state index contributed by atoms with van der Waals surface area (Å²) in [6, 6.07) is 13.8. The minimum Gasteiger partial charge on any atom is -0.497 e. The van der Waals surface area contributed by atoms with Gasteiger partial charge in [-0.25, -0.2) is 4.90 Å². The van der Waals surface area contributed by atoms with Gasteiger partial charge in [-0.2, -0.15) is 0 Å².